The lowest BCUT2D eigenvalue weighted by molar-refractivity contribution is 0.311. The molecule has 3 unspecified atom stereocenters. The molecule has 1 aromatic rings. The van der Waals surface area contributed by atoms with Crippen LogP contribution in [0.15, 0.2) is 24.3 Å². The van der Waals surface area contributed by atoms with Crippen LogP contribution < -0.4 is 10.1 Å². The van der Waals surface area contributed by atoms with Crippen molar-refractivity contribution in [2.45, 2.75) is 52.5 Å². The van der Waals surface area contributed by atoms with E-state index in [1.54, 1.807) is 0 Å². The fourth-order valence-electron chi connectivity index (χ4n) is 3.56. The summed E-state index contributed by atoms with van der Waals surface area (Å²) in [7, 11) is 0. The fourth-order valence-corrected chi connectivity index (χ4v) is 3.56. The highest BCUT2D eigenvalue weighted by Gasteiger charge is 2.31. The highest BCUT2D eigenvalue weighted by atomic mass is 16.5. The molecule has 1 fully saturated rings. The van der Waals surface area contributed by atoms with Crippen LogP contribution in [0.2, 0.25) is 0 Å². The summed E-state index contributed by atoms with van der Waals surface area (Å²) in [5.41, 5.74) is 1.35. The molecule has 0 spiro atoms. The minimum absolute atomic E-state index is 0.444. The zero-order chi connectivity index (χ0) is 14.4. The number of benzene rings is 1. The minimum atomic E-state index is 0.444. The second-order valence-electron chi connectivity index (χ2n) is 5.85. The Morgan fingerprint density at radius 3 is 2.65 bits per heavy atom. The van der Waals surface area contributed by atoms with Crippen molar-refractivity contribution >= 4 is 0 Å². The number of hydrogen-bond acceptors (Lipinski definition) is 2. The summed E-state index contributed by atoms with van der Waals surface area (Å²) >= 11 is 0. The van der Waals surface area contributed by atoms with Crippen molar-refractivity contribution in [3.63, 3.8) is 0 Å². The Hall–Kier alpha value is -1.02. The van der Waals surface area contributed by atoms with Gasteiger partial charge in [-0.1, -0.05) is 44.9 Å². The van der Waals surface area contributed by atoms with Gasteiger partial charge in [0, 0.05) is 11.6 Å². The molecule has 0 saturated heterocycles. The van der Waals surface area contributed by atoms with E-state index in [9.17, 15) is 0 Å². The molecule has 2 rings (SSSR count). The van der Waals surface area contributed by atoms with Crippen LogP contribution in [-0.4, -0.2) is 13.2 Å². The molecule has 1 saturated carbocycles. The SMILES string of the molecule is CCNC(c1ccccc1OCC)C1CCC(CC)C1. The summed E-state index contributed by atoms with van der Waals surface area (Å²) in [6, 6.07) is 8.99. The normalized spacial score (nSPS) is 23.8. The molecule has 112 valence electrons. The molecule has 1 aliphatic rings. The molecular formula is C18H29NO. The molecule has 1 aliphatic carbocycles. The van der Waals surface area contributed by atoms with E-state index in [4.69, 9.17) is 4.74 Å². The molecule has 0 bridgehead atoms. The van der Waals surface area contributed by atoms with Crippen LogP contribution in [0, 0.1) is 11.8 Å². The van der Waals surface area contributed by atoms with E-state index in [1.165, 1.54) is 31.2 Å². The summed E-state index contributed by atoms with van der Waals surface area (Å²) in [6.07, 6.45) is 5.41. The summed E-state index contributed by atoms with van der Waals surface area (Å²) in [5.74, 6) is 2.72. The zero-order valence-corrected chi connectivity index (χ0v) is 13.2. The number of ether oxygens (including phenoxy) is 1. The largest absolute Gasteiger partial charge is 0.494 e. The van der Waals surface area contributed by atoms with Crippen molar-refractivity contribution in [1.82, 2.24) is 5.32 Å². The molecule has 0 heterocycles. The van der Waals surface area contributed by atoms with E-state index in [-0.39, 0.29) is 0 Å². The van der Waals surface area contributed by atoms with Gasteiger partial charge in [-0.3, -0.25) is 0 Å². The standard InChI is InChI=1S/C18H29NO/c1-4-14-11-12-15(13-14)18(19-5-2)16-9-7-8-10-17(16)20-6-3/h7-10,14-15,18-19H,4-6,11-13H2,1-3H3. The van der Waals surface area contributed by atoms with Gasteiger partial charge in [-0.25, -0.2) is 0 Å². The van der Waals surface area contributed by atoms with Crippen LogP contribution in [0.4, 0.5) is 0 Å². The van der Waals surface area contributed by atoms with Crippen molar-refractivity contribution in [2.24, 2.45) is 11.8 Å². The van der Waals surface area contributed by atoms with Gasteiger partial charge in [-0.15, -0.1) is 0 Å². The Balaban J connectivity index is 2.20. The molecule has 0 amide bonds. The van der Waals surface area contributed by atoms with Crippen LogP contribution in [0.1, 0.15) is 58.1 Å². The number of para-hydroxylation sites is 1. The third-order valence-electron chi connectivity index (χ3n) is 4.61. The Morgan fingerprint density at radius 2 is 2.00 bits per heavy atom. The highest BCUT2D eigenvalue weighted by molar-refractivity contribution is 5.36. The zero-order valence-electron chi connectivity index (χ0n) is 13.2. The molecule has 2 nitrogen and oxygen atoms in total. The Morgan fingerprint density at radius 1 is 1.20 bits per heavy atom. The predicted octanol–water partition coefficient (Wildman–Crippen LogP) is 4.56. The van der Waals surface area contributed by atoms with Gasteiger partial charge >= 0.3 is 0 Å². The van der Waals surface area contributed by atoms with Gasteiger partial charge in [-0.05, 0) is 44.2 Å². The van der Waals surface area contributed by atoms with E-state index in [1.807, 2.05) is 0 Å². The molecule has 2 heteroatoms. The Labute approximate surface area is 123 Å². The van der Waals surface area contributed by atoms with Gasteiger partial charge in [0.1, 0.15) is 5.75 Å². The van der Waals surface area contributed by atoms with E-state index >= 15 is 0 Å². The van der Waals surface area contributed by atoms with Crippen molar-refractivity contribution in [2.75, 3.05) is 13.2 Å². The predicted molar refractivity (Wildman–Crippen MR) is 85.2 cm³/mol. The second-order valence-corrected chi connectivity index (χ2v) is 5.85. The molecule has 0 aliphatic heterocycles. The van der Waals surface area contributed by atoms with Gasteiger partial charge in [0.25, 0.3) is 0 Å². The number of hydrogen-bond donors (Lipinski definition) is 1. The number of nitrogens with one attached hydrogen (secondary N) is 1. The summed E-state index contributed by atoms with van der Waals surface area (Å²) < 4.78 is 5.84. The average molecular weight is 275 g/mol. The van der Waals surface area contributed by atoms with E-state index in [0.29, 0.717) is 6.04 Å². The first-order valence-corrected chi connectivity index (χ1v) is 8.25. The second kappa shape index (κ2) is 7.68. The van der Waals surface area contributed by atoms with Crippen LogP contribution in [0.5, 0.6) is 5.75 Å². The van der Waals surface area contributed by atoms with Gasteiger partial charge in [0.2, 0.25) is 0 Å². The fraction of sp³-hybridized carbons (Fsp3) is 0.667. The lowest BCUT2D eigenvalue weighted by Gasteiger charge is -2.27. The maximum absolute atomic E-state index is 5.84. The smallest absolute Gasteiger partial charge is 0.124 e. The van der Waals surface area contributed by atoms with Crippen molar-refractivity contribution < 1.29 is 4.74 Å². The van der Waals surface area contributed by atoms with E-state index in [2.05, 4.69) is 50.4 Å². The van der Waals surface area contributed by atoms with Gasteiger partial charge in [-0.2, -0.15) is 0 Å². The maximum Gasteiger partial charge on any atom is 0.124 e. The lowest BCUT2D eigenvalue weighted by Crippen LogP contribution is -2.27. The van der Waals surface area contributed by atoms with Crippen LogP contribution in [0.25, 0.3) is 0 Å². The lowest BCUT2D eigenvalue weighted by atomic mass is 9.89. The molecule has 0 aromatic heterocycles. The van der Waals surface area contributed by atoms with Gasteiger partial charge in [0.15, 0.2) is 0 Å². The quantitative estimate of drug-likeness (QED) is 0.787. The van der Waals surface area contributed by atoms with E-state index < -0.39 is 0 Å². The van der Waals surface area contributed by atoms with Crippen molar-refractivity contribution in [3.8, 4) is 5.75 Å². The van der Waals surface area contributed by atoms with Gasteiger partial charge < -0.3 is 10.1 Å². The molecule has 1 N–H and O–H groups in total. The first kappa shape index (κ1) is 15.4. The number of rotatable bonds is 7. The van der Waals surface area contributed by atoms with Crippen LogP contribution in [-0.2, 0) is 0 Å². The first-order valence-electron chi connectivity index (χ1n) is 8.25. The van der Waals surface area contributed by atoms with Crippen molar-refractivity contribution in [1.29, 1.82) is 0 Å². The summed E-state index contributed by atoms with van der Waals surface area (Å²) in [4.78, 5) is 0. The topological polar surface area (TPSA) is 21.3 Å². The molecule has 1 aromatic carbocycles. The van der Waals surface area contributed by atoms with Gasteiger partial charge in [0.05, 0.1) is 6.61 Å². The minimum Gasteiger partial charge on any atom is -0.494 e. The van der Waals surface area contributed by atoms with Crippen LogP contribution >= 0.6 is 0 Å². The summed E-state index contributed by atoms with van der Waals surface area (Å²) in [6.45, 7) is 8.32. The Bertz CT molecular complexity index is 404. The Kier molecular flexibility index (Phi) is 5.90. The average Bonchev–Trinajstić information content (AvgIpc) is 2.95. The van der Waals surface area contributed by atoms with Crippen molar-refractivity contribution in [3.05, 3.63) is 29.8 Å². The summed E-state index contributed by atoms with van der Waals surface area (Å²) in [5, 5.41) is 3.70. The third kappa shape index (κ3) is 3.54. The molecule has 20 heavy (non-hydrogen) atoms. The maximum atomic E-state index is 5.84. The van der Waals surface area contributed by atoms with Crippen LogP contribution in [0.3, 0.4) is 0 Å². The first-order chi connectivity index (χ1) is 9.80. The van der Waals surface area contributed by atoms with E-state index in [0.717, 1.165) is 30.7 Å². The highest BCUT2D eigenvalue weighted by Crippen LogP contribution is 2.42. The third-order valence-corrected chi connectivity index (χ3v) is 4.61. The monoisotopic (exact) mass is 275 g/mol. The molecular weight excluding hydrogens is 246 g/mol. The molecule has 0 radical (unpaired) electrons. The molecule has 3 atom stereocenters.